The van der Waals surface area contributed by atoms with E-state index in [1.165, 1.54) is 0 Å². The molecule has 0 aliphatic rings. The second kappa shape index (κ2) is 12.9. The van der Waals surface area contributed by atoms with Gasteiger partial charge in [-0.3, -0.25) is 4.99 Å². The molecule has 0 heterocycles. The van der Waals surface area contributed by atoms with Crippen LogP contribution in [0.3, 0.4) is 0 Å². The van der Waals surface area contributed by atoms with Crippen LogP contribution < -0.4 is 21.3 Å². The van der Waals surface area contributed by atoms with Crippen molar-refractivity contribution < 1.29 is 9.90 Å². The summed E-state index contributed by atoms with van der Waals surface area (Å²) in [5.74, 6) is 1.06. The second-order valence-corrected chi connectivity index (χ2v) is 9.03. The Bertz CT molecular complexity index is 915. The maximum Gasteiger partial charge on any atom is 0.316 e. The van der Waals surface area contributed by atoms with E-state index in [4.69, 9.17) is 12.2 Å². The minimum atomic E-state index is -0.399. The van der Waals surface area contributed by atoms with Gasteiger partial charge >= 0.3 is 6.03 Å². The molecule has 9 heteroatoms. The Morgan fingerprint density at radius 3 is 2.31 bits per heavy atom. The van der Waals surface area contributed by atoms with Gasteiger partial charge in [0.15, 0.2) is 5.11 Å². The van der Waals surface area contributed by atoms with Crippen LogP contribution in [0, 0.1) is 0 Å². The van der Waals surface area contributed by atoms with Crippen molar-refractivity contribution in [2.24, 2.45) is 4.99 Å². The van der Waals surface area contributed by atoms with E-state index in [0.29, 0.717) is 11.7 Å². The number of amides is 2. The van der Waals surface area contributed by atoms with Crippen LogP contribution >= 0.6 is 24.0 Å². The van der Waals surface area contributed by atoms with E-state index < -0.39 is 6.17 Å². The molecule has 1 unspecified atom stereocenters. The van der Waals surface area contributed by atoms with Crippen LogP contribution in [-0.2, 0) is 6.54 Å². The average Bonchev–Trinajstić information content (AvgIpc) is 2.73. The highest BCUT2D eigenvalue weighted by Crippen LogP contribution is 2.17. The number of rotatable bonds is 8. The number of nitrogens with one attached hydrogen (secondary N) is 4. The first-order valence-corrected chi connectivity index (χ1v) is 11.9. The normalized spacial score (nSPS) is 12.2. The third-order valence-electron chi connectivity index (χ3n) is 4.13. The molecule has 2 rings (SSSR count). The number of nitrogens with zero attached hydrogens (tertiary/aromatic N) is 1. The first-order valence-electron chi connectivity index (χ1n) is 10.5. The zero-order valence-corrected chi connectivity index (χ0v) is 20.4. The topological polar surface area (TPSA) is 97.8 Å². The Kier molecular flexibility index (Phi) is 10.3. The fourth-order valence-electron chi connectivity index (χ4n) is 2.70. The molecule has 0 aliphatic heterocycles. The van der Waals surface area contributed by atoms with Crippen molar-refractivity contribution in [3.8, 4) is 5.75 Å². The first kappa shape index (κ1) is 25.5. The summed E-state index contributed by atoms with van der Waals surface area (Å²) in [6.07, 6.45) is -0.399. The van der Waals surface area contributed by atoms with Gasteiger partial charge in [-0.25, -0.2) is 4.79 Å². The number of thioether (sulfide) groups is 1. The minimum Gasteiger partial charge on any atom is -0.508 e. The Morgan fingerprint density at radius 1 is 1.06 bits per heavy atom. The highest BCUT2D eigenvalue weighted by molar-refractivity contribution is 8.14. The van der Waals surface area contributed by atoms with Gasteiger partial charge in [-0.1, -0.05) is 31.2 Å². The molecule has 172 valence electrons. The van der Waals surface area contributed by atoms with E-state index >= 15 is 0 Å². The van der Waals surface area contributed by atoms with Crippen LogP contribution in [0.5, 0.6) is 5.75 Å². The van der Waals surface area contributed by atoms with Gasteiger partial charge in [0.2, 0.25) is 0 Å². The molecule has 0 saturated carbocycles. The van der Waals surface area contributed by atoms with Gasteiger partial charge in [0.25, 0.3) is 0 Å². The van der Waals surface area contributed by atoms with Crippen LogP contribution in [0.25, 0.3) is 0 Å². The number of aromatic hydroxyl groups is 1. The molecular weight excluding hydrogens is 442 g/mol. The summed E-state index contributed by atoms with van der Waals surface area (Å²) < 4.78 is 0. The predicted molar refractivity (Wildman–Crippen MR) is 139 cm³/mol. The molecular formula is C23H31N5O2S2. The Balaban J connectivity index is 1.95. The molecule has 0 fully saturated rings. The second-order valence-electron chi connectivity index (χ2n) is 7.37. The average molecular weight is 474 g/mol. The van der Waals surface area contributed by atoms with E-state index in [9.17, 15) is 9.90 Å². The summed E-state index contributed by atoms with van der Waals surface area (Å²) in [7, 11) is 0. The molecule has 5 N–H and O–H groups in total. The Labute approximate surface area is 199 Å². The summed E-state index contributed by atoms with van der Waals surface area (Å²) in [6.45, 7) is 8.33. The van der Waals surface area contributed by atoms with Gasteiger partial charge in [0.1, 0.15) is 17.0 Å². The molecule has 0 spiro atoms. The van der Waals surface area contributed by atoms with Crippen molar-refractivity contribution in [1.82, 2.24) is 16.0 Å². The summed E-state index contributed by atoms with van der Waals surface area (Å²) in [5, 5.41) is 22.7. The van der Waals surface area contributed by atoms with Gasteiger partial charge in [0, 0.05) is 23.8 Å². The van der Waals surface area contributed by atoms with Gasteiger partial charge in [-0.15, -0.1) is 11.8 Å². The fourth-order valence-corrected chi connectivity index (χ4v) is 3.86. The lowest BCUT2D eigenvalue weighted by Crippen LogP contribution is -2.40. The molecule has 2 amide bonds. The Morgan fingerprint density at radius 2 is 1.72 bits per heavy atom. The number of phenols is 1. The SMILES string of the molecule is CCS/C(=N\C(C)NC(=O)NCc1ccc(O)cc1)c1ccc(NC(=S)NC(C)C)cc1. The molecule has 0 aliphatic carbocycles. The summed E-state index contributed by atoms with van der Waals surface area (Å²) in [6, 6.07) is 14.5. The van der Waals surface area contributed by atoms with Gasteiger partial charge < -0.3 is 26.4 Å². The lowest BCUT2D eigenvalue weighted by atomic mass is 10.2. The summed E-state index contributed by atoms with van der Waals surface area (Å²) in [5.41, 5.74) is 2.77. The van der Waals surface area contributed by atoms with E-state index in [0.717, 1.165) is 27.6 Å². The number of aliphatic imine (C=N–C) groups is 1. The number of thiocarbonyl (C=S) groups is 1. The van der Waals surface area contributed by atoms with Gasteiger partial charge in [-0.2, -0.15) is 0 Å². The van der Waals surface area contributed by atoms with Crippen LogP contribution in [0.4, 0.5) is 10.5 Å². The number of hydrogen-bond donors (Lipinski definition) is 5. The molecule has 2 aromatic rings. The van der Waals surface area contributed by atoms with E-state index in [2.05, 4.69) is 33.2 Å². The summed E-state index contributed by atoms with van der Waals surface area (Å²) in [4.78, 5) is 16.9. The fraction of sp³-hybridized carbons (Fsp3) is 0.348. The standard InChI is InChI=1S/C23H31N5O2S2/c1-5-32-21(18-8-10-19(11-9-18)28-23(31)25-15(2)3)26-16(4)27-22(30)24-14-17-6-12-20(29)13-7-17/h6-13,15-16,29H,5,14H2,1-4H3,(H2,24,27,30)(H2,25,28,31)/b26-21-. The van der Waals surface area contributed by atoms with Crippen molar-refractivity contribution >= 4 is 45.9 Å². The molecule has 32 heavy (non-hydrogen) atoms. The van der Waals surface area contributed by atoms with Crippen molar-refractivity contribution in [3.05, 3.63) is 59.7 Å². The molecule has 0 bridgehead atoms. The number of urea groups is 1. The molecule has 0 radical (unpaired) electrons. The van der Waals surface area contributed by atoms with Gasteiger partial charge in [-0.05, 0) is 68.6 Å². The Hall–Kier alpha value is -2.78. The number of carbonyl (C=O) groups is 1. The largest absolute Gasteiger partial charge is 0.508 e. The van der Waals surface area contributed by atoms with E-state index in [1.807, 2.05) is 45.0 Å². The van der Waals surface area contributed by atoms with Crippen LogP contribution in [0.2, 0.25) is 0 Å². The maximum atomic E-state index is 12.2. The monoisotopic (exact) mass is 473 g/mol. The molecule has 7 nitrogen and oxygen atoms in total. The number of carbonyl (C=O) groups excluding carboxylic acids is 1. The van der Waals surface area contributed by atoms with E-state index in [1.54, 1.807) is 36.0 Å². The van der Waals surface area contributed by atoms with Crippen molar-refractivity contribution in [1.29, 1.82) is 0 Å². The van der Waals surface area contributed by atoms with Crippen molar-refractivity contribution in [2.75, 3.05) is 11.1 Å². The molecule has 0 aromatic heterocycles. The van der Waals surface area contributed by atoms with Crippen LogP contribution in [0.1, 0.15) is 38.8 Å². The highest BCUT2D eigenvalue weighted by Gasteiger charge is 2.10. The van der Waals surface area contributed by atoms with Crippen molar-refractivity contribution in [3.63, 3.8) is 0 Å². The lowest BCUT2D eigenvalue weighted by molar-refractivity contribution is 0.238. The third kappa shape index (κ3) is 9.15. The number of phenolic OH excluding ortho intramolecular Hbond substituents is 1. The lowest BCUT2D eigenvalue weighted by Gasteiger charge is -2.15. The molecule has 0 saturated heterocycles. The predicted octanol–water partition coefficient (Wildman–Crippen LogP) is 4.43. The number of benzene rings is 2. The first-order chi connectivity index (χ1) is 15.3. The highest BCUT2D eigenvalue weighted by atomic mass is 32.2. The van der Waals surface area contributed by atoms with E-state index in [-0.39, 0.29) is 17.8 Å². The minimum absolute atomic E-state index is 0.195. The zero-order chi connectivity index (χ0) is 23.5. The molecule has 2 aromatic carbocycles. The van der Waals surface area contributed by atoms with Crippen LogP contribution in [-0.4, -0.2) is 39.3 Å². The maximum absolute atomic E-state index is 12.2. The number of anilines is 1. The van der Waals surface area contributed by atoms with Crippen molar-refractivity contribution in [2.45, 2.75) is 46.4 Å². The smallest absolute Gasteiger partial charge is 0.316 e. The van der Waals surface area contributed by atoms with Crippen LogP contribution in [0.15, 0.2) is 53.5 Å². The quantitative estimate of drug-likeness (QED) is 0.221. The summed E-state index contributed by atoms with van der Waals surface area (Å²) >= 11 is 6.91. The molecule has 1 atom stereocenters. The zero-order valence-electron chi connectivity index (χ0n) is 18.8. The van der Waals surface area contributed by atoms with Gasteiger partial charge in [0.05, 0.1) is 0 Å². The third-order valence-corrected chi connectivity index (χ3v) is 5.25. The number of hydrogen-bond acceptors (Lipinski definition) is 5.